The van der Waals surface area contributed by atoms with E-state index in [2.05, 4.69) is 29.3 Å². The third-order valence-electron chi connectivity index (χ3n) is 4.51. The van der Waals surface area contributed by atoms with Gasteiger partial charge in [0.2, 0.25) is 5.11 Å². The van der Waals surface area contributed by atoms with E-state index < -0.39 is 5.54 Å². The fourth-order valence-electron chi connectivity index (χ4n) is 3.45. The lowest BCUT2D eigenvalue weighted by molar-refractivity contribution is 0.726. The zero-order valence-electron chi connectivity index (χ0n) is 13.5. The van der Waals surface area contributed by atoms with E-state index >= 15 is 0 Å². The van der Waals surface area contributed by atoms with Crippen molar-refractivity contribution in [1.29, 1.82) is 0 Å². The molecule has 4 heteroatoms. The number of nitrogens with two attached hydrogens (primary N) is 1. The van der Waals surface area contributed by atoms with E-state index in [0.29, 0.717) is 10.9 Å². The monoisotopic (exact) mass is 343 g/mol. The van der Waals surface area contributed by atoms with Gasteiger partial charge in [-0.1, -0.05) is 78.9 Å². The third-order valence-corrected chi connectivity index (χ3v) is 4.78. The molecule has 0 saturated carbocycles. The smallest absolute Gasteiger partial charge is 0.203 e. The molecule has 0 aromatic heterocycles. The van der Waals surface area contributed by atoms with Gasteiger partial charge in [0.1, 0.15) is 5.84 Å². The van der Waals surface area contributed by atoms with Gasteiger partial charge in [0.15, 0.2) is 5.54 Å². The number of anilines is 1. The molecule has 0 unspecified atom stereocenters. The van der Waals surface area contributed by atoms with Crippen molar-refractivity contribution in [3.63, 3.8) is 0 Å². The van der Waals surface area contributed by atoms with Crippen LogP contribution in [0.25, 0.3) is 0 Å². The Bertz CT molecular complexity index is 882. The van der Waals surface area contributed by atoms with Crippen LogP contribution in [0.4, 0.5) is 5.69 Å². The highest BCUT2D eigenvalue weighted by atomic mass is 32.1. The fourth-order valence-corrected chi connectivity index (χ4v) is 3.79. The molecule has 25 heavy (non-hydrogen) atoms. The number of aliphatic imine (C=N–C) groups is 1. The zero-order chi connectivity index (χ0) is 17.3. The Kier molecular flexibility index (Phi) is 3.82. The predicted molar refractivity (Wildman–Crippen MR) is 107 cm³/mol. The second-order valence-electron chi connectivity index (χ2n) is 5.89. The van der Waals surface area contributed by atoms with E-state index in [-0.39, 0.29) is 0 Å². The van der Waals surface area contributed by atoms with E-state index in [1.54, 1.807) is 0 Å². The molecular formula is C21H17N3S. The summed E-state index contributed by atoms with van der Waals surface area (Å²) in [6, 6.07) is 30.3. The van der Waals surface area contributed by atoms with Gasteiger partial charge in [-0.2, -0.15) is 0 Å². The van der Waals surface area contributed by atoms with Crippen molar-refractivity contribution in [2.75, 3.05) is 4.90 Å². The fraction of sp³-hybridized carbons (Fsp3) is 0.0476. The van der Waals surface area contributed by atoms with Gasteiger partial charge < -0.3 is 5.73 Å². The largest absolute Gasteiger partial charge is 0.384 e. The lowest BCUT2D eigenvalue weighted by atomic mass is 9.80. The van der Waals surface area contributed by atoms with Gasteiger partial charge in [0.25, 0.3) is 0 Å². The number of thiocarbonyl (C=S) groups is 1. The van der Waals surface area contributed by atoms with Crippen LogP contribution in [0, 0.1) is 0 Å². The molecule has 1 heterocycles. The lowest BCUT2D eigenvalue weighted by Gasteiger charge is -2.40. The number of para-hydroxylation sites is 1. The number of amidine groups is 1. The Balaban J connectivity index is 2.05. The lowest BCUT2D eigenvalue weighted by Crippen LogP contribution is -2.52. The first-order chi connectivity index (χ1) is 12.2. The molecule has 0 aliphatic carbocycles. The van der Waals surface area contributed by atoms with E-state index in [4.69, 9.17) is 18.0 Å². The Morgan fingerprint density at radius 2 is 1.16 bits per heavy atom. The quantitative estimate of drug-likeness (QED) is 0.728. The van der Waals surface area contributed by atoms with Crippen LogP contribution in [0.5, 0.6) is 0 Å². The molecule has 0 bridgehead atoms. The summed E-state index contributed by atoms with van der Waals surface area (Å²) in [7, 11) is 0. The van der Waals surface area contributed by atoms with Gasteiger partial charge in [0.05, 0.1) is 0 Å². The first kappa shape index (κ1) is 15.5. The average Bonchev–Trinajstić information content (AvgIpc) is 2.94. The van der Waals surface area contributed by atoms with Crippen LogP contribution in [0.15, 0.2) is 96.0 Å². The molecule has 3 aromatic carbocycles. The molecule has 0 atom stereocenters. The van der Waals surface area contributed by atoms with Gasteiger partial charge in [-0.15, -0.1) is 0 Å². The molecule has 3 nitrogen and oxygen atoms in total. The molecule has 122 valence electrons. The molecule has 0 fully saturated rings. The van der Waals surface area contributed by atoms with Crippen molar-refractivity contribution in [1.82, 2.24) is 0 Å². The van der Waals surface area contributed by atoms with Crippen LogP contribution in [0.2, 0.25) is 0 Å². The highest BCUT2D eigenvalue weighted by Gasteiger charge is 2.50. The minimum atomic E-state index is -0.749. The summed E-state index contributed by atoms with van der Waals surface area (Å²) in [5.74, 6) is 0.485. The second kappa shape index (κ2) is 6.15. The van der Waals surface area contributed by atoms with E-state index in [9.17, 15) is 0 Å². The standard InChI is InChI=1S/C21H17N3S/c22-19-21(16-10-4-1-5-11-16,17-12-6-2-7-13-17)24(20(25)23-19)18-14-8-3-9-15-18/h1-15H,(H2,22,23,25). The maximum atomic E-state index is 6.52. The van der Waals surface area contributed by atoms with Gasteiger partial charge in [-0.25, -0.2) is 4.99 Å². The Morgan fingerprint density at radius 1 is 0.720 bits per heavy atom. The molecule has 1 aliphatic heterocycles. The van der Waals surface area contributed by atoms with E-state index in [1.165, 1.54) is 0 Å². The summed E-state index contributed by atoms with van der Waals surface area (Å²) in [5.41, 5.74) is 8.80. The van der Waals surface area contributed by atoms with E-state index in [0.717, 1.165) is 16.8 Å². The first-order valence-electron chi connectivity index (χ1n) is 8.09. The summed E-state index contributed by atoms with van der Waals surface area (Å²) < 4.78 is 0. The van der Waals surface area contributed by atoms with Gasteiger partial charge in [-0.3, -0.25) is 4.90 Å². The minimum Gasteiger partial charge on any atom is -0.384 e. The van der Waals surface area contributed by atoms with Crippen molar-refractivity contribution in [2.45, 2.75) is 5.54 Å². The maximum absolute atomic E-state index is 6.52. The highest BCUT2D eigenvalue weighted by molar-refractivity contribution is 7.80. The summed E-state index contributed by atoms with van der Waals surface area (Å²) in [6.45, 7) is 0. The van der Waals surface area contributed by atoms with Gasteiger partial charge >= 0.3 is 0 Å². The van der Waals surface area contributed by atoms with Crippen molar-refractivity contribution < 1.29 is 0 Å². The Labute approximate surface area is 152 Å². The first-order valence-corrected chi connectivity index (χ1v) is 8.50. The van der Waals surface area contributed by atoms with Crippen molar-refractivity contribution in [3.8, 4) is 0 Å². The second-order valence-corrected chi connectivity index (χ2v) is 6.26. The van der Waals surface area contributed by atoms with Crippen molar-refractivity contribution in [3.05, 3.63) is 102 Å². The number of benzene rings is 3. The summed E-state index contributed by atoms with van der Waals surface area (Å²) in [6.07, 6.45) is 0. The number of hydrogen-bond donors (Lipinski definition) is 1. The Morgan fingerprint density at radius 3 is 1.64 bits per heavy atom. The van der Waals surface area contributed by atoms with Crippen LogP contribution in [0.1, 0.15) is 11.1 Å². The maximum Gasteiger partial charge on any atom is 0.203 e. The molecule has 1 aliphatic rings. The van der Waals surface area contributed by atoms with Crippen LogP contribution in [0.3, 0.4) is 0 Å². The van der Waals surface area contributed by atoms with Crippen LogP contribution in [-0.2, 0) is 5.54 Å². The normalized spacial score (nSPS) is 15.9. The molecule has 0 amide bonds. The summed E-state index contributed by atoms with van der Waals surface area (Å²) in [5, 5.41) is 0.469. The average molecular weight is 343 g/mol. The highest BCUT2D eigenvalue weighted by Crippen LogP contribution is 2.43. The molecular weight excluding hydrogens is 326 g/mol. The summed E-state index contributed by atoms with van der Waals surface area (Å²) >= 11 is 5.61. The topological polar surface area (TPSA) is 41.6 Å². The van der Waals surface area contributed by atoms with Crippen LogP contribution < -0.4 is 10.6 Å². The zero-order valence-corrected chi connectivity index (χ0v) is 14.4. The van der Waals surface area contributed by atoms with Gasteiger partial charge in [0, 0.05) is 5.69 Å². The molecule has 0 saturated heterocycles. The molecule has 0 radical (unpaired) electrons. The predicted octanol–water partition coefficient (Wildman–Crippen LogP) is 4.09. The van der Waals surface area contributed by atoms with Crippen LogP contribution >= 0.6 is 12.2 Å². The number of hydrogen-bond acceptors (Lipinski definition) is 2. The molecule has 3 aromatic rings. The van der Waals surface area contributed by atoms with Crippen molar-refractivity contribution >= 4 is 28.9 Å². The van der Waals surface area contributed by atoms with Crippen LogP contribution in [-0.4, -0.2) is 10.9 Å². The molecule has 2 N–H and O–H groups in total. The van der Waals surface area contributed by atoms with E-state index in [1.807, 2.05) is 71.6 Å². The number of nitrogens with zero attached hydrogens (tertiary/aromatic N) is 2. The number of rotatable bonds is 3. The minimum absolute atomic E-state index is 0.469. The molecule has 0 spiro atoms. The molecule has 4 rings (SSSR count). The summed E-state index contributed by atoms with van der Waals surface area (Å²) in [4.78, 5) is 6.55. The Hall–Kier alpha value is -2.98. The van der Waals surface area contributed by atoms with Gasteiger partial charge in [-0.05, 0) is 35.5 Å². The third kappa shape index (κ3) is 2.34. The van der Waals surface area contributed by atoms with Crippen molar-refractivity contribution in [2.24, 2.45) is 10.7 Å². The SMILES string of the molecule is NC1=NC(=S)N(c2ccccc2)C1(c1ccccc1)c1ccccc1.